The number of hydrogen-bond acceptors (Lipinski definition) is 3. The van der Waals surface area contributed by atoms with Crippen LogP contribution in [-0.4, -0.2) is 15.1 Å². The second-order valence-electron chi connectivity index (χ2n) is 7.50. The van der Waals surface area contributed by atoms with E-state index in [0.29, 0.717) is 10.9 Å². The number of nitrogens with one attached hydrogen (secondary N) is 1. The van der Waals surface area contributed by atoms with E-state index in [1.54, 1.807) is 0 Å². The quantitative estimate of drug-likeness (QED) is 0.437. The van der Waals surface area contributed by atoms with E-state index in [9.17, 15) is 0 Å². The fourth-order valence-corrected chi connectivity index (χ4v) is 3.89. The van der Waals surface area contributed by atoms with Gasteiger partial charge in [-0.1, -0.05) is 35.5 Å². The fourth-order valence-electron chi connectivity index (χ4n) is 3.77. The van der Waals surface area contributed by atoms with Crippen LogP contribution in [0.25, 0.3) is 27.7 Å². The average Bonchev–Trinajstić information content (AvgIpc) is 3.36. The van der Waals surface area contributed by atoms with Gasteiger partial charge in [-0.15, -0.1) is 0 Å². The topological polar surface area (TPSA) is 54.7 Å². The van der Waals surface area contributed by atoms with Gasteiger partial charge >= 0.3 is 0 Å². The Balaban J connectivity index is 1.73. The Hall–Kier alpha value is -2.85. The molecule has 140 valence electrons. The summed E-state index contributed by atoms with van der Waals surface area (Å²) in [6.07, 6.45) is 2.40. The number of aromatic amines is 1. The number of benzene rings is 2. The van der Waals surface area contributed by atoms with E-state index in [1.165, 1.54) is 12.8 Å². The van der Waals surface area contributed by atoms with Crippen LogP contribution in [0.2, 0.25) is 5.02 Å². The van der Waals surface area contributed by atoms with Gasteiger partial charge in [0.15, 0.2) is 0 Å². The van der Waals surface area contributed by atoms with Crippen molar-refractivity contribution in [1.82, 2.24) is 15.1 Å². The van der Waals surface area contributed by atoms with Gasteiger partial charge in [-0.3, -0.25) is 0 Å². The van der Waals surface area contributed by atoms with E-state index in [2.05, 4.69) is 28.9 Å². The SMILES string of the molecule is C=C(c1ccc(Cl)cc1)c1cc(-c2c(C)noc2C)cc2nc(C3CC3)[nH]c12. The van der Waals surface area contributed by atoms with Crippen molar-refractivity contribution >= 4 is 28.2 Å². The van der Waals surface area contributed by atoms with Crippen molar-refractivity contribution in [2.75, 3.05) is 0 Å². The Morgan fingerprint density at radius 3 is 2.57 bits per heavy atom. The number of aryl methyl sites for hydroxylation is 2. The summed E-state index contributed by atoms with van der Waals surface area (Å²) in [6.45, 7) is 8.28. The van der Waals surface area contributed by atoms with Crippen molar-refractivity contribution in [3.8, 4) is 11.1 Å². The molecule has 2 heterocycles. The molecule has 1 N–H and O–H groups in total. The highest BCUT2D eigenvalue weighted by molar-refractivity contribution is 6.30. The number of H-pyrrole nitrogens is 1. The Labute approximate surface area is 168 Å². The number of aromatic nitrogens is 3. The van der Waals surface area contributed by atoms with Crippen LogP contribution in [0.5, 0.6) is 0 Å². The maximum absolute atomic E-state index is 6.07. The van der Waals surface area contributed by atoms with Gasteiger partial charge in [-0.05, 0) is 67.7 Å². The lowest BCUT2D eigenvalue weighted by atomic mass is 9.94. The number of nitrogens with zero attached hydrogens (tertiary/aromatic N) is 2. The lowest BCUT2D eigenvalue weighted by Crippen LogP contribution is -1.91. The van der Waals surface area contributed by atoms with E-state index < -0.39 is 0 Å². The molecule has 2 aromatic heterocycles. The third-order valence-corrected chi connectivity index (χ3v) is 5.67. The number of hydrogen-bond donors (Lipinski definition) is 1. The summed E-state index contributed by atoms with van der Waals surface area (Å²) in [7, 11) is 0. The Morgan fingerprint density at radius 1 is 1.18 bits per heavy atom. The van der Waals surface area contributed by atoms with Gasteiger partial charge < -0.3 is 9.51 Å². The van der Waals surface area contributed by atoms with Crippen LogP contribution in [0.15, 0.2) is 47.5 Å². The number of fused-ring (bicyclic) bond motifs is 1. The third-order valence-electron chi connectivity index (χ3n) is 5.42. The maximum Gasteiger partial charge on any atom is 0.141 e. The largest absolute Gasteiger partial charge is 0.361 e. The molecule has 0 bridgehead atoms. The summed E-state index contributed by atoms with van der Waals surface area (Å²) in [6, 6.07) is 12.0. The molecular formula is C23H20ClN3O. The zero-order valence-corrected chi connectivity index (χ0v) is 16.6. The van der Waals surface area contributed by atoms with Gasteiger partial charge in [0.1, 0.15) is 11.6 Å². The van der Waals surface area contributed by atoms with E-state index in [4.69, 9.17) is 21.1 Å². The molecular weight excluding hydrogens is 370 g/mol. The first kappa shape index (κ1) is 17.3. The van der Waals surface area contributed by atoms with E-state index in [-0.39, 0.29) is 0 Å². The Kier molecular flexibility index (Phi) is 3.91. The summed E-state index contributed by atoms with van der Waals surface area (Å²) in [5.74, 6) is 2.42. The summed E-state index contributed by atoms with van der Waals surface area (Å²) in [4.78, 5) is 8.44. The number of imidazole rings is 1. The third kappa shape index (κ3) is 2.85. The number of halogens is 1. The van der Waals surface area contributed by atoms with E-state index >= 15 is 0 Å². The molecule has 4 aromatic rings. The average molecular weight is 390 g/mol. The van der Waals surface area contributed by atoms with E-state index in [1.807, 2.05) is 38.1 Å². The molecule has 0 aliphatic heterocycles. The Morgan fingerprint density at radius 2 is 1.93 bits per heavy atom. The number of rotatable bonds is 4. The van der Waals surface area contributed by atoms with Crippen LogP contribution in [-0.2, 0) is 0 Å². The summed E-state index contributed by atoms with van der Waals surface area (Å²) in [5, 5.41) is 4.83. The van der Waals surface area contributed by atoms with Crippen LogP contribution < -0.4 is 0 Å². The van der Waals surface area contributed by atoms with Crippen molar-refractivity contribution in [2.45, 2.75) is 32.6 Å². The molecule has 2 aromatic carbocycles. The van der Waals surface area contributed by atoms with Crippen molar-refractivity contribution in [1.29, 1.82) is 0 Å². The normalized spacial score (nSPS) is 14.0. The fraction of sp³-hybridized carbons (Fsp3) is 0.217. The molecule has 1 fully saturated rings. The first-order valence-electron chi connectivity index (χ1n) is 9.43. The van der Waals surface area contributed by atoms with Crippen molar-refractivity contribution < 1.29 is 4.52 Å². The van der Waals surface area contributed by atoms with Crippen molar-refractivity contribution in [2.24, 2.45) is 0 Å². The minimum absolute atomic E-state index is 0.548. The molecule has 0 atom stereocenters. The van der Waals surface area contributed by atoms with Gasteiger partial charge in [0.05, 0.1) is 16.7 Å². The molecule has 1 aliphatic rings. The zero-order valence-electron chi connectivity index (χ0n) is 15.8. The molecule has 5 heteroatoms. The molecule has 0 saturated heterocycles. The highest BCUT2D eigenvalue weighted by atomic mass is 35.5. The van der Waals surface area contributed by atoms with Gasteiger partial charge in [0, 0.05) is 22.1 Å². The predicted molar refractivity (Wildman–Crippen MR) is 113 cm³/mol. The summed E-state index contributed by atoms with van der Waals surface area (Å²) < 4.78 is 5.40. The van der Waals surface area contributed by atoms with Gasteiger partial charge in [-0.25, -0.2) is 4.98 Å². The molecule has 1 aliphatic carbocycles. The molecule has 28 heavy (non-hydrogen) atoms. The highest BCUT2D eigenvalue weighted by Gasteiger charge is 2.28. The standard InChI is InChI=1S/C23H20ClN3O/c1-12(15-6-8-18(24)9-7-15)19-10-17(21-13(2)27-28-14(21)3)11-20-22(19)26-23(25-20)16-4-5-16/h6-11,16H,1,4-5H2,2-3H3,(H,25,26). The summed E-state index contributed by atoms with van der Waals surface area (Å²) in [5.41, 5.74) is 7.91. The minimum atomic E-state index is 0.548. The second-order valence-corrected chi connectivity index (χ2v) is 7.94. The first-order valence-corrected chi connectivity index (χ1v) is 9.81. The lowest BCUT2D eigenvalue weighted by molar-refractivity contribution is 0.393. The molecule has 5 rings (SSSR count). The van der Waals surface area contributed by atoms with Crippen LogP contribution >= 0.6 is 11.6 Å². The zero-order chi connectivity index (χ0) is 19.4. The first-order chi connectivity index (χ1) is 13.5. The Bertz CT molecular complexity index is 1190. The smallest absolute Gasteiger partial charge is 0.141 e. The monoisotopic (exact) mass is 389 g/mol. The van der Waals surface area contributed by atoms with Gasteiger partial charge in [0.2, 0.25) is 0 Å². The van der Waals surface area contributed by atoms with Crippen LogP contribution in [0, 0.1) is 13.8 Å². The highest BCUT2D eigenvalue weighted by Crippen LogP contribution is 2.41. The van der Waals surface area contributed by atoms with Gasteiger partial charge in [0.25, 0.3) is 0 Å². The summed E-state index contributed by atoms with van der Waals surface area (Å²) >= 11 is 6.07. The predicted octanol–water partition coefficient (Wildman–Crippen LogP) is 6.43. The molecule has 1 saturated carbocycles. The lowest BCUT2D eigenvalue weighted by Gasteiger charge is -2.11. The molecule has 0 unspecified atom stereocenters. The molecule has 0 amide bonds. The second kappa shape index (κ2) is 6.35. The maximum atomic E-state index is 6.07. The van der Waals surface area contributed by atoms with Crippen molar-refractivity contribution in [3.05, 3.63) is 76.4 Å². The van der Waals surface area contributed by atoms with Crippen LogP contribution in [0.3, 0.4) is 0 Å². The molecule has 0 spiro atoms. The molecule has 4 nitrogen and oxygen atoms in total. The van der Waals surface area contributed by atoms with Crippen LogP contribution in [0.1, 0.15) is 47.2 Å². The molecule has 0 radical (unpaired) electrons. The van der Waals surface area contributed by atoms with E-state index in [0.717, 1.165) is 56.1 Å². The van der Waals surface area contributed by atoms with Gasteiger partial charge in [-0.2, -0.15) is 0 Å². The van der Waals surface area contributed by atoms with Crippen molar-refractivity contribution in [3.63, 3.8) is 0 Å². The minimum Gasteiger partial charge on any atom is -0.361 e. The van der Waals surface area contributed by atoms with Crippen LogP contribution in [0.4, 0.5) is 0 Å².